The van der Waals surface area contributed by atoms with Crippen LogP contribution in [-0.4, -0.2) is 25.0 Å². The predicted molar refractivity (Wildman–Crippen MR) is 149 cm³/mol. The summed E-state index contributed by atoms with van der Waals surface area (Å²) in [4.78, 5) is 39.3. The normalized spacial score (nSPS) is 14.8. The molecule has 1 fully saturated rings. The highest BCUT2D eigenvalue weighted by molar-refractivity contribution is 14.1. The first-order chi connectivity index (χ1) is 17.2. The molecule has 7 nitrogen and oxygen atoms in total. The van der Waals surface area contributed by atoms with Gasteiger partial charge in [0.1, 0.15) is 12.2 Å². The molecule has 0 aromatic heterocycles. The Labute approximate surface area is 234 Å². The number of aryl methyl sites for hydroxylation is 1. The number of halogens is 3. The van der Waals surface area contributed by atoms with E-state index in [9.17, 15) is 14.4 Å². The van der Waals surface area contributed by atoms with Gasteiger partial charge in [-0.15, -0.1) is 0 Å². The van der Waals surface area contributed by atoms with Crippen LogP contribution in [0.2, 0.25) is 5.02 Å². The molecule has 1 N–H and O–H groups in total. The van der Waals surface area contributed by atoms with Crippen molar-refractivity contribution in [3.63, 3.8) is 0 Å². The van der Waals surface area contributed by atoms with Crippen molar-refractivity contribution < 1.29 is 23.9 Å². The van der Waals surface area contributed by atoms with Gasteiger partial charge in [-0.3, -0.25) is 14.9 Å². The van der Waals surface area contributed by atoms with Gasteiger partial charge in [0.25, 0.3) is 11.8 Å². The zero-order chi connectivity index (χ0) is 26.0. The van der Waals surface area contributed by atoms with Gasteiger partial charge in [0.2, 0.25) is 0 Å². The molecule has 0 unspecified atom stereocenters. The van der Waals surface area contributed by atoms with E-state index < -0.39 is 17.8 Å². The van der Waals surface area contributed by atoms with Crippen molar-refractivity contribution in [1.82, 2.24) is 5.32 Å². The minimum atomic E-state index is -0.805. The Morgan fingerprint density at radius 2 is 1.89 bits per heavy atom. The molecule has 0 bridgehead atoms. The summed E-state index contributed by atoms with van der Waals surface area (Å²) in [5.74, 6) is -0.552. The van der Waals surface area contributed by atoms with Crippen molar-refractivity contribution in [2.24, 2.45) is 0 Å². The van der Waals surface area contributed by atoms with Gasteiger partial charge in [-0.2, -0.15) is 0 Å². The lowest BCUT2D eigenvalue weighted by Gasteiger charge is -2.26. The number of nitrogens with one attached hydrogen (secondary N) is 1. The monoisotopic (exact) mass is 680 g/mol. The fourth-order valence-electron chi connectivity index (χ4n) is 3.57. The van der Waals surface area contributed by atoms with E-state index in [4.69, 9.17) is 21.1 Å². The number of rotatable bonds is 6. The second kappa shape index (κ2) is 11.0. The zero-order valence-electron chi connectivity index (χ0n) is 19.1. The lowest BCUT2D eigenvalue weighted by Crippen LogP contribution is -2.54. The van der Waals surface area contributed by atoms with Gasteiger partial charge in [0.05, 0.1) is 16.4 Å². The number of nitrogens with zero attached hydrogens (tertiary/aromatic N) is 1. The fourth-order valence-corrected chi connectivity index (χ4v) is 4.81. The number of amides is 4. The van der Waals surface area contributed by atoms with Crippen LogP contribution in [0.15, 0.2) is 64.6 Å². The number of hydrogen-bond donors (Lipinski definition) is 1. The summed E-state index contributed by atoms with van der Waals surface area (Å²) in [6.07, 6.45) is 1.42. The predicted octanol–water partition coefficient (Wildman–Crippen LogP) is 6.27. The van der Waals surface area contributed by atoms with Crippen LogP contribution in [0.5, 0.6) is 11.5 Å². The number of methoxy groups -OCH3 is 1. The number of barbiturate groups is 1. The molecular formula is C26H19BrClIN2O5. The molecule has 0 radical (unpaired) electrons. The Hall–Kier alpha value is -2.89. The van der Waals surface area contributed by atoms with Gasteiger partial charge < -0.3 is 9.47 Å². The van der Waals surface area contributed by atoms with E-state index in [1.807, 2.05) is 25.1 Å². The summed E-state index contributed by atoms with van der Waals surface area (Å²) in [6.45, 7) is 2.12. The fraction of sp³-hybridized carbons (Fsp3) is 0.115. The number of carbonyl (C=O) groups excluding carboxylic acids is 3. The third-order valence-corrected chi connectivity index (χ3v) is 7.26. The Morgan fingerprint density at radius 1 is 1.11 bits per heavy atom. The van der Waals surface area contributed by atoms with Crippen molar-refractivity contribution in [3.8, 4) is 11.5 Å². The summed E-state index contributed by atoms with van der Waals surface area (Å²) in [5, 5.41) is 2.85. The summed E-state index contributed by atoms with van der Waals surface area (Å²) in [6, 6.07) is 15.0. The van der Waals surface area contributed by atoms with Crippen molar-refractivity contribution >= 4 is 79.7 Å². The number of hydrogen-bond acceptors (Lipinski definition) is 5. The minimum Gasteiger partial charge on any atom is -0.493 e. The Bertz CT molecular complexity index is 1430. The van der Waals surface area contributed by atoms with Crippen LogP contribution in [0.1, 0.15) is 16.7 Å². The Morgan fingerprint density at radius 3 is 2.58 bits per heavy atom. The first kappa shape index (κ1) is 26.2. The van der Waals surface area contributed by atoms with E-state index >= 15 is 0 Å². The zero-order valence-corrected chi connectivity index (χ0v) is 23.6. The molecule has 0 aliphatic carbocycles. The molecule has 1 heterocycles. The lowest BCUT2D eigenvalue weighted by atomic mass is 10.1. The maximum absolute atomic E-state index is 13.2. The summed E-state index contributed by atoms with van der Waals surface area (Å²) in [5.41, 5.74) is 2.44. The van der Waals surface area contributed by atoms with Crippen LogP contribution in [0.3, 0.4) is 0 Å². The van der Waals surface area contributed by atoms with Crippen LogP contribution in [0.4, 0.5) is 10.5 Å². The summed E-state index contributed by atoms with van der Waals surface area (Å²) < 4.78 is 13.0. The number of imide groups is 2. The van der Waals surface area contributed by atoms with Crippen LogP contribution in [0.25, 0.3) is 6.08 Å². The number of carbonyl (C=O) groups is 3. The van der Waals surface area contributed by atoms with Crippen molar-refractivity contribution in [1.29, 1.82) is 0 Å². The van der Waals surface area contributed by atoms with Crippen LogP contribution < -0.4 is 19.7 Å². The SMILES string of the molecule is COc1cc(/C=C2/C(=O)NC(=O)N(c3ccc(Br)c(C)c3)C2=O)cc(I)c1OCc1cccc(Cl)c1. The number of ether oxygens (including phenoxy) is 2. The summed E-state index contributed by atoms with van der Waals surface area (Å²) in [7, 11) is 1.50. The molecule has 0 atom stereocenters. The average molecular weight is 682 g/mol. The quantitative estimate of drug-likeness (QED) is 0.189. The van der Waals surface area contributed by atoms with Crippen molar-refractivity contribution in [2.75, 3.05) is 12.0 Å². The van der Waals surface area contributed by atoms with Gasteiger partial charge in [0, 0.05) is 9.50 Å². The second-order valence-corrected chi connectivity index (χ2v) is 10.3. The van der Waals surface area contributed by atoms with Crippen LogP contribution >= 0.6 is 50.1 Å². The van der Waals surface area contributed by atoms with E-state index in [1.165, 1.54) is 13.2 Å². The standard InChI is InChI=1S/C26H19BrClIN2O5/c1-14-8-18(6-7-20(14)27)31-25(33)19(24(32)30-26(31)34)10-16-11-21(29)23(22(12-16)35-2)36-13-15-4-3-5-17(28)9-15/h3-12H,13H2,1-2H3,(H,30,32,34)/b19-10-. The minimum absolute atomic E-state index is 0.180. The molecule has 1 aliphatic rings. The van der Waals surface area contributed by atoms with Gasteiger partial charge >= 0.3 is 6.03 Å². The first-order valence-electron chi connectivity index (χ1n) is 10.6. The van der Waals surface area contributed by atoms with Gasteiger partial charge in [0.15, 0.2) is 11.5 Å². The molecule has 36 heavy (non-hydrogen) atoms. The molecule has 4 rings (SSSR count). The first-order valence-corrected chi connectivity index (χ1v) is 12.9. The van der Waals surface area contributed by atoms with E-state index in [2.05, 4.69) is 43.8 Å². The van der Waals surface area contributed by atoms with Crippen molar-refractivity contribution in [2.45, 2.75) is 13.5 Å². The molecule has 1 saturated heterocycles. The molecule has 10 heteroatoms. The third-order valence-electron chi connectivity index (χ3n) is 5.34. The van der Waals surface area contributed by atoms with E-state index in [-0.39, 0.29) is 12.2 Å². The highest BCUT2D eigenvalue weighted by Crippen LogP contribution is 2.36. The van der Waals surface area contributed by atoms with Crippen molar-refractivity contribution in [3.05, 3.63) is 89.9 Å². The molecule has 1 aliphatic heterocycles. The highest BCUT2D eigenvalue weighted by atomic mass is 127. The van der Waals surface area contributed by atoms with Crippen LogP contribution in [0, 0.1) is 10.5 Å². The Balaban J connectivity index is 1.65. The highest BCUT2D eigenvalue weighted by Gasteiger charge is 2.37. The lowest BCUT2D eigenvalue weighted by molar-refractivity contribution is -0.122. The molecule has 3 aromatic carbocycles. The molecule has 0 spiro atoms. The van der Waals surface area contributed by atoms with Crippen LogP contribution in [-0.2, 0) is 16.2 Å². The van der Waals surface area contributed by atoms with E-state index in [0.717, 1.165) is 20.5 Å². The smallest absolute Gasteiger partial charge is 0.335 e. The molecule has 3 aromatic rings. The topological polar surface area (TPSA) is 84.9 Å². The third kappa shape index (κ3) is 5.58. The van der Waals surface area contributed by atoms with E-state index in [1.54, 1.807) is 36.4 Å². The average Bonchev–Trinajstić information content (AvgIpc) is 2.83. The van der Waals surface area contributed by atoms with E-state index in [0.29, 0.717) is 31.3 Å². The molecule has 4 amide bonds. The molecular weight excluding hydrogens is 663 g/mol. The maximum atomic E-state index is 13.2. The van der Waals surface area contributed by atoms with Gasteiger partial charge in [-0.25, -0.2) is 9.69 Å². The maximum Gasteiger partial charge on any atom is 0.335 e. The Kier molecular flexibility index (Phi) is 8.01. The number of anilines is 1. The summed E-state index contributed by atoms with van der Waals surface area (Å²) >= 11 is 11.6. The largest absolute Gasteiger partial charge is 0.493 e. The number of urea groups is 1. The molecule has 184 valence electrons. The number of benzene rings is 3. The van der Waals surface area contributed by atoms with Gasteiger partial charge in [-0.1, -0.05) is 39.7 Å². The molecule has 0 saturated carbocycles. The second-order valence-electron chi connectivity index (χ2n) is 7.84. The van der Waals surface area contributed by atoms with Gasteiger partial charge in [-0.05, 0) is 94.7 Å².